The third-order valence-electron chi connectivity index (χ3n) is 2.99. The summed E-state index contributed by atoms with van der Waals surface area (Å²) in [6.07, 6.45) is 7.38. The number of nitrogens with zero attached hydrogens (tertiary/aromatic N) is 2. The summed E-state index contributed by atoms with van der Waals surface area (Å²) >= 11 is 0. The second kappa shape index (κ2) is 6.73. The van der Waals surface area contributed by atoms with Gasteiger partial charge in [0.05, 0.1) is 13.4 Å². The van der Waals surface area contributed by atoms with Crippen molar-refractivity contribution in [1.82, 2.24) is 9.55 Å². The second-order valence-electron chi connectivity index (χ2n) is 4.47. The van der Waals surface area contributed by atoms with E-state index in [-0.39, 0.29) is 5.78 Å². The van der Waals surface area contributed by atoms with E-state index in [0.29, 0.717) is 12.8 Å². The molecule has 0 radical (unpaired) electrons. The van der Waals surface area contributed by atoms with E-state index >= 15 is 0 Å². The van der Waals surface area contributed by atoms with E-state index in [1.165, 1.54) is 0 Å². The summed E-state index contributed by atoms with van der Waals surface area (Å²) in [5, 5.41) is 0. The lowest BCUT2D eigenvalue weighted by atomic mass is 10.1. The van der Waals surface area contributed by atoms with Crippen LogP contribution < -0.4 is 4.74 Å². The summed E-state index contributed by atoms with van der Waals surface area (Å²) < 4.78 is 7.07. The van der Waals surface area contributed by atoms with Crippen LogP contribution in [0.4, 0.5) is 0 Å². The Morgan fingerprint density at radius 2 is 2.11 bits per heavy atom. The van der Waals surface area contributed by atoms with Gasteiger partial charge in [-0.15, -0.1) is 0 Å². The first-order chi connectivity index (χ1) is 9.28. The van der Waals surface area contributed by atoms with Crippen LogP contribution in [0.1, 0.15) is 18.4 Å². The molecule has 0 unspecified atom stereocenters. The van der Waals surface area contributed by atoms with Crippen LogP contribution in [-0.2, 0) is 17.8 Å². The van der Waals surface area contributed by atoms with E-state index in [2.05, 4.69) is 4.98 Å². The van der Waals surface area contributed by atoms with Gasteiger partial charge in [0.15, 0.2) is 0 Å². The molecule has 0 bridgehead atoms. The maximum absolute atomic E-state index is 11.8. The number of Topliss-reactive ketones (excluding diaryl/α,β-unsaturated/α-hetero) is 1. The molecule has 2 aromatic rings. The van der Waals surface area contributed by atoms with Crippen LogP contribution in [0.25, 0.3) is 0 Å². The van der Waals surface area contributed by atoms with E-state index in [1.807, 2.05) is 35.0 Å². The Bertz CT molecular complexity index is 503. The van der Waals surface area contributed by atoms with Crippen molar-refractivity contribution in [3.63, 3.8) is 0 Å². The quantitative estimate of drug-likeness (QED) is 0.766. The smallest absolute Gasteiger partial charge is 0.137 e. The topological polar surface area (TPSA) is 44.1 Å². The van der Waals surface area contributed by atoms with Gasteiger partial charge in [0.2, 0.25) is 0 Å². The number of hydrogen-bond acceptors (Lipinski definition) is 3. The van der Waals surface area contributed by atoms with Crippen molar-refractivity contribution in [2.24, 2.45) is 0 Å². The fourth-order valence-electron chi connectivity index (χ4n) is 1.94. The van der Waals surface area contributed by atoms with Gasteiger partial charge in [0.25, 0.3) is 0 Å². The predicted octanol–water partition coefficient (Wildman–Crippen LogP) is 2.48. The van der Waals surface area contributed by atoms with Gasteiger partial charge in [0, 0.05) is 31.8 Å². The molecule has 0 N–H and O–H groups in total. The van der Waals surface area contributed by atoms with E-state index in [1.54, 1.807) is 19.6 Å². The highest BCUT2D eigenvalue weighted by molar-refractivity contribution is 5.80. The predicted molar refractivity (Wildman–Crippen MR) is 73.2 cm³/mol. The van der Waals surface area contributed by atoms with Crippen LogP contribution >= 0.6 is 0 Å². The third-order valence-corrected chi connectivity index (χ3v) is 2.99. The zero-order chi connectivity index (χ0) is 13.5. The van der Waals surface area contributed by atoms with Crippen molar-refractivity contribution in [2.45, 2.75) is 25.8 Å². The maximum Gasteiger partial charge on any atom is 0.137 e. The lowest BCUT2D eigenvalue weighted by Crippen LogP contribution is -2.05. The number of carbonyl (C=O) groups excluding carboxylic acids is 1. The zero-order valence-electron chi connectivity index (χ0n) is 11.1. The Kier molecular flexibility index (Phi) is 4.72. The van der Waals surface area contributed by atoms with Crippen LogP contribution in [0.5, 0.6) is 5.75 Å². The van der Waals surface area contributed by atoms with Crippen molar-refractivity contribution in [3.8, 4) is 5.75 Å². The van der Waals surface area contributed by atoms with Gasteiger partial charge in [-0.1, -0.05) is 12.1 Å². The molecule has 1 aromatic carbocycles. The lowest BCUT2D eigenvalue weighted by Gasteiger charge is -2.04. The molecule has 0 aliphatic rings. The minimum atomic E-state index is 0.269. The fraction of sp³-hybridized carbons (Fsp3) is 0.333. The first kappa shape index (κ1) is 13.3. The number of benzene rings is 1. The van der Waals surface area contributed by atoms with Crippen molar-refractivity contribution in [1.29, 1.82) is 0 Å². The van der Waals surface area contributed by atoms with Crippen molar-refractivity contribution in [3.05, 3.63) is 48.5 Å². The Morgan fingerprint density at radius 1 is 1.32 bits per heavy atom. The van der Waals surface area contributed by atoms with Crippen molar-refractivity contribution >= 4 is 5.78 Å². The number of carbonyl (C=O) groups is 1. The minimum absolute atomic E-state index is 0.269. The van der Waals surface area contributed by atoms with Gasteiger partial charge in [-0.05, 0) is 24.1 Å². The molecule has 1 heterocycles. The van der Waals surface area contributed by atoms with Crippen LogP contribution in [0.3, 0.4) is 0 Å². The van der Waals surface area contributed by atoms with Crippen LogP contribution in [0, 0.1) is 0 Å². The molecule has 0 atom stereocenters. The first-order valence-corrected chi connectivity index (χ1v) is 6.38. The molecule has 0 aliphatic heterocycles. The molecule has 0 aliphatic carbocycles. The zero-order valence-corrected chi connectivity index (χ0v) is 11.1. The summed E-state index contributed by atoms with van der Waals surface area (Å²) in [5.74, 6) is 1.08. The molecule has 4 heteroatoms. The van der Waals surface area contributed by atoms with Crippen LogP contribution in [-0.4, -0.2) is 22.4 Å². The highest BCUT2D eigenvalue weighted by Gasteiger charge is 2.04. The Hall–Kier alpha value is -2.10. The molecule has 100 valence electrons. The van der Waals surface area contributed by atoms with Gasteiger partial charge < -0.3 is 9.30 Å². The highest BCUT2D eigenvalue weighted by atomic mass is 16.5. The molecule has 0 saturated heterocycles. The average molecular weight is 258 g/mol. The number of ether oxygens (including phenoxy) is 1. The fourth-order valence-corrected chi connectivity index (χ4v) is 1.94. The standard InChI is InChI=1S/C15H18N2O2/c1-19-15-6-4-13(5-7-15)11-14(18)3-2-9-17-10-8-16-12-17/h4-8,10,12H,2-3,9,11H2,1H3. The first-order valence-electron chi connectivity index (χ1n) is 6.38. The molecular weight excluding hydrogens is 240 g/mol. The summed E-state index contributed by atoms with van der Waals surface area (Å²) in [7, 11) is 1.64. The molecule has 4 nitrogen and oxygen atoms in total. The number of hydrogen-bond donors (Lipinski definition) is 0. The Morgan fingerprint density at radius 3 is 2.74 bits per heavy atom. The SMILES string of the molecule is COc1ccc(CC(=O)CCCn2ccnc2)cc1. The maximum atomic E-state index is 11.8. The van der Waals surface area contributed by atoms with Gasteiger partial charge in [0.1, 0.15) is 11.5 Å². The van der Waals surface area contributed by atoms with E-state index in [9.17, 15) is 4.79 Å². The summed E-state index contributed by atoms with van der Waals surface area (Å²) in [6, 6.07) is 7.64. The van der Waals surface area contributed by atoms with Gasteiger partial charge in [-0.25, -0.2) is 4.98 Å². The summed E-state index contributed by atoms with van der Waals surface area (Å²) in [4.78, 5) is 15.8. The van der Waals surface area contributed by atoms with E-state index < -0.39 is 0 Å². The monoisotopic (exact) mass is 258 g/mol. The van der Waals surface area contributed by atoms with Crippen molar-refractivity contribution < 1.29 is 9.53 Å². The Balaban J connectivity index is 1.74. The van der Waals surface area contributed by atoms with E-state index in [0.717, 1.165) is 24.3 Å². The number of rotatable bonds is 7. The second-order valence-corrected chi connectivity index (χ2v) is 4.47. The summed E-state index contributed by atoms with van der Waals surface area (Å²) in [6.45, 7) is 0.842. The molecule has 0 saturated carbocycles. The average Bonchev–Trinajstić information content (AvgIpc) is 2.93. The number of aryl methyl sites for hydroxylation is 1. The molecular formula is C15H18N2O2. The van der Waals surface area contributed by atoms with Gasteiger partial charge in [-0.2, -0.15) is 0 Å². The Labute approximate surface area is 113 Å². The van der Waals surface area contributed by atoms with Gasteiger partial charge in [-0.3, -0.25) is 4.79 Å². The number of methoxy groups -OCH3 is 1. The number of imidazole rings is 1. The molecule has 2 rings (SSSR count). The normalized spacial score (nSPS) is 10.4. The minimum Gasteiger partial charge on any atom is -0.497 e. The molecule has 19 heavy (non-hydrogen) atoms. The van der Waals surface area contributed by atoms with Crippen LogP contribution in [0.15, 0.2) is 43.0 Å². The summed E-state index contributed by atoms with van der Waals surface area (Å²) in [5.41, 5.74) is 1.04. The third kappa shape index (κ3) is 4.25. The van der Waals surface area contributed by atoms with Crippen LogP contribution in [0.2, 0.25) is 0 Å². The largest absolute Gasteiger partial charge is 0.497 e. The van der Waals surface area contributed by atoms with Gasteiger partial charge >= 0.3 is 0 Å². The lowest BCUT2D eigenvalue weighted by molar-refractivity contribution is -0.118. The van der Waals surface area contributed by atoms with E-state index in [4.69, 9.17) is 4.74 Å². The number of ketones is 1. The number of aromatic nitrogens is 2. The molecule has 0 amide bonds. The molecule has 1 aromatic heterocycles. The highest BCUT2D eigenvalue weighted by Crippen LogP contribution is 2.12. The van der Waals surface area contributed by atoms with Crippen molar-refractivity contribution in [2.75, 3.05) is 7.11 Å². The molecule has 0 spiro atoms. The molecule has 0 fully saturated rings.